The lowest BCUT2D eigenvalue weighted by atomic mass is 10.1. The lowest BCUT2D eigenvalue weighted by Crippen LogP contribution is -2.19. The Morgan fingerprint density at radius 2 is 1.90 bits per heavy atom. The zero-order valence-corrected chi connectivity index (χ0v) is 11.1. The Kier molecular flexibility index (Phi) is 3.51. The molecular weight excluding hydrogens is 260 g/mol. The van der Waals surface area contributed by atoms with Gasteiger partial charge in [0.15, 0.2) is 0 Å². The first-order valence-electron chi connectivity index (χ1n) is 6.04. The van der Waals surface area contributed by atoms with E-state index in [1.807, 2.05) is 13.8 Å². The van der Waals surface area contributed by atoms with Crippen molar-refractivity contribution in [1.82, 2.24) is 9.97 Å². The van der Waals surface area contributed by atoms with E-state index < -0.39 is 4.92 Å². The molecule has 0 aliphatic carbocycles. The largest absolute Gasteiger partial charge is 0.383 e. The van der Waals surface area contributed by atoms with E-state index in [1.165, 1.54) is 24.3 Å². The van der Waals surface area contributed by atoms with Crippen LogP contribution in [0.3, 0.4) is 0 Å². The van der Waals surface area contributed by atoms with E-state index >= 15 is 0 Å². The normalized spacial score (nSPS) is 10.8. The number of hydrogen-bond donors (Lipinski definition) is 2. The van der Waals surface area contributed by atoms with Crippen molar-refractivity contribution in [3.05, 3.63) is 50.3 Å². The van der Waals surface area contributed by atoms with Crippen molar-refractivity contribution >= 4 is 11.5 Å². The molecule has 20 heavy (non-hydrogen) atoms. The Hall–Kier alpha value is -2.70. The molecule has 0 aliphatic rings. The van der Waals surface area contributed by atoms with Crippen LogP contribution in [-0.4, -0.2) is 14.9 Å². The van der Waals surface area contributed by atoms with Crippen molar-refractivity contribution in [3.8, 4) is 11.4 Å². The maximum Gasteiger partial charge on any atom is 0.269 e. The molecule has 1 aromatic heterocycles. The minimum Gasteiger partial charge on any atom is -0.383 e. The van der Waals surface area contributed by atoms with E-state index in [2.05, 4.69) is 9.97 Å². The molecule has 2 aromatic rings. The maximum absolute atomic E-state index is 12.0. The van der Waals surface area contributed by atoms with Gasteiger partial charge in [-0.2, -0.15) is 0 Å². The van der Waals surface area contributed by atoms with Crippen LogP contribution >= 0.6 is 0 Å². The Labute approximate surface area is 114 Å². The van der Waals surface area contributed by atoms with Crippen molar-refractivity contribution in [2.24, 2.45) is 0 Å². The molecule has 104 valence electrons. The number of rotatable bonds is 3. The lowest BCUT2D eigenvalue weighted by Gasteiger charge is -2.09. The molecule has 0 amide bonds. The fraction of sp³-hybridized carbons (Fsp3) is 0.231. The smallest absolute Gasteiger partial charge is 0.269 e. The van der Waals surface area contributed by atoms with E-state index in [0.29, 0.717) is 17.0 Å². The zero-order valence-electron chi connectivity index (χ0n) is 11.1. The summed E-state index contributed by atoms with van der Waals surface area (Å²) in [5.74, 6) is 0.445. The number of nitrogens with zero attached hydrogens (tertiary/aromatic N) is 2. The van der Waals surface area contributed by atoms with Crippen molar-refractivity contribution in [2.75, 3.05) is 5.73 Å². The van der Waals surface area contributed by atoms with Crippen LogP contribution in [0.1, 0.15) is 25.3 Å². The zero-order chi connectivity index (χ0) is 14.9. The van der Waals surface area contributed by atoms with Gasteiger partial charge in [0, 0.05) is 17.7 Å². The number of nitrogens with two attached hydrogens (primary N) is 1. The summed E-state index contributed by atoms with van der Waals surface area (Å²) in [6, 6.07) is 5.74. The van der Waals surface area contributed by atoms with Gasteiger partial charge in [-0.3, -0.25) is 14.9 Å². The molecule has 0 saturated heterocycles. The fourth-order valence-electron chi connectivity index (χ4n) is 1.94. The van der Waals surface area contributed by atoms with Gasteiger partial charge in [-0.25, -0.2) is 4.98 Å². The summed E-state index contributed by atoms with van der Waals surface area (Å²) in [5, 5.41) is 10.6. The number of hydrogen-bond acceptors (Lipinski definition) is 5. The summed E-state index contributed by atoms with van der Waals surface area (Å²) in [6.45, 7) is 3.71. The molecule has 0 unspecified atom stereocenters. The van der Waals surface area contributed by atoms with E-state index in [9.17, 15) is 14.9 Å². The summed E-state index contributed by atoms with van der Waals surface area (Å²) >= 11 is 0. The number of nitrogens with one attached hydrogen (secondary N) is 1. The molecule has 7 nitrogen and oxygen atoms in total. The number of nitro groups is 1. The first kappa shape index (κ1) is 13.7. The van der Waals surface area contributed by atoms with E-state index in [0.717, 1.165) is 0 Å². The molecule has 0 atom stereocenters. The number of nitro benzene ring substituents is 1. The number of nitrogen functional groups attached to an aromatic ring is 1. The first-order chi connectivity index (χ1) is 9.40. The van der Waals surface area contributed by atoms with Gasteiger partial charge in [-0.05, 0) is 18.1 Å². The second-order valence-corrected chi connectivity index (χ2v) is 4.67. The molecule has 3 N–H and O–H groups in total. The summed E-state index contributed by atoms with van der Waals surface area (Å²) in [5.41, 5.74) is 6.49. The molecule has 0 fully saturated rings. The van der Waals surface area contributed by atoms with Crippen LogP contribution in [0.4, 0.5) is 11.5 Å². The van der Waals surface area contributed by atoms with Gasteiger partial charge in [0.25, 0.3) is 11.2 Å². The highest BCUT2D eigenvalue weighted by molar-refractivity contribution is 5.59. The standard InChI is InChI=1S/C13H14N4O3/c1-7(2)10-11(14)15-12(16-13(10)18)8-3-5-9(6-4-8)17(19)20/h3-7H,1-2H3,(H3,14,15,16,18). The molecule has 0 bridgehead atoms. The van der Waals surface area contributed by atoms with Gasteiger partial charge in [0.05, 0.1) is 10.5 Å². The number of aromatic nitrogens is 2. The van der Waals surface area contributed by atoms with Crippen molar-refractivity contribution in [1.29, 1.82) is 0 Å². The molecule has 1 aromatic carbocycles. The number of aromatic amines is 1. The van der Waals surface area contributed by atoms with Gasteiger partial charge < -0.3 is 10.7 Å². The molecule has 0 spiro atoms. The molecule has 0 radical (unpaired) electrons. The highest BCUT2D eigenvalue weighted by atomic mass is 16.6. The molecule has 0 aliphatic heterocycles. The highest BCUT2D eigenvalue weighted by Crippen LogP contribution is 2.21. The predicted octanol–water partition coefficient (Wildman–Crippen LogP) is 2.05. The minimum absolute atomic E-state index is 0.0251. The predicted molar refractivity (Wildman–Crippen MR) is 75.4 cm³/mol. The second kappa shape index (κ2) is 5.12. The minimum atomic E-state index is -0.490. The van der Waals surface area contributed by atoms with Crippen LogP contribution in [0.5, 0.6) is 0 Å². The van der Waals surface area contributed by atoms with Crippen molar-refractivity contribution < 1.29 is 4.92 Å². The Morgan fingerprint density at radius 3 is 2.35 bits per heavy atom. The maximum atomic E-state index is 12.0. The lowest BCUT2D eigenvalue weighted by molar-refractivity contribution is -0.384. The Balaban J connectivity index is 2.49. The third kappa shape index (κ3) is 2.51. The first-order valence-corrected chi connectivity index (χ1v) is 6.04. The number of benzene rings is 1. The van der Waals surface area contributed by atoms with Gasteiger partial charge in [-0.15, -0.1) is 0 Å². The average Bonchev–Trinajstić information content (AvgIpc) is 2.37. The number of anilines is 1. The SMILES string of the molecule is CC(C)c1c(N)nc(-c2ccc([N+](=O)[O-])cc2)[nH]c1=O. The molecule has 2 rings (SSSR count). The molecule has 0 saturated carbocycles. The Bertz CT molecular complexity index is 705. The van der Waals surface area contributed by atoms with Crippen LogP contribution in [0.2, 0.25) is 0 Å². The van der Waals surface area contributed by atoms with E-state index in [4.69, 9.17) is 5.73 Å². The van der Waals surface area contributed by atoms with E-state index in [1.54, 1.807) is 0 Å². The third-order valence-electron chi connectivity index (χ3n) is 2.91. The topological polar surface area (TPSA) is 115 Å². The quantitative estimate of drug-likeness (QED) is 0.656. The van der Waals surface area contributed by atoms with Crippen molar-refractivity contribution in [3.63, 3.8) is 0 Å². The summed E-state index contributed by atoms with van der Waals surface area (Å²) in [7, 11) is 0. The second-order valence-electron chi connectivity index (χ2n) is 4.67. The average molecular weight is 274 g/mol. The third-order valence-corrected chi connectivity index (χ3v) is 2.91. The van der Waals surface area contributed by atoms with Gasteiger partial charge in [-0.1, -0.05) is 13.8 Å². The van der Waals surface area contributed by atoms with Gasteiger partial charge >= 0.3 is 0 Å². The monoisotopic (exact) mass is 274 g/mol. The van der Waals surface area contributed by atoms with Crippen LogP contribution in [0.15, 0.2) is 29.1 Å². The molecule has 7 heteroatoms. The highest BCUT2D eigenvalue weighted by Gasteiger charge is 2.14. The molecule has 1 heterocycles. The van der Waals surface area contributed by atoms with Crippen LogP contribution in [-0.2, 0) is 0 Å². The number of H-pyrrole nitrogens is 1. The van der Waals surface area contributed by atoms with Crippen molar-refractivity contribution in [2.45, 2.75) is 19.8 Å². The van der Waals surface area contributed by atoms with Gasteiger partial charge in [0.2, 0.25) is 0 Å². The Morgan fingerprint density at radius 1 is 1.30 bits per heavy atom. The summed E-state index contributed by atoms with van der Waals surface area (Å²) in [6.07, 6.45) is 0. The van der Waals surface area contributed by atoms with E-state index in [-0.39, 0.29) is 23.0 Å². The van der Waals surface area contributed by atoms with Crippen LogP contribution < -0.4 is 11.3 Å². The molecular formula is C13H14N4O3. The number of non-ortho nitro benzene ring substituents is 1. The van der Waals surface area contributed by atoms with Crippen LogP contribution in [0.25, 0.3) is 11.4 Å². The van der Waals surface area contributed by atoms with Crippen LogP contribution in [0, 0.1) is 10.1 Å². The fourth-order valence-corrected chi connectivity index (χ4v) is 1.94. The summed E-state index contributed by atoms with van der Waals surface area (Å²) in [4.78, 5) is 28.9. The van der Waals surface area contributed by atoms with Gasteiger partial charge in [0.1, 0.15) is 11.6 Å². The summed E-state index contributed by atoms with van der Waals surface area (Å²) < 4.78 is 0.